The zero-order chi connectivity index (χ0) is 16.4. The molecular formula is C19H18N2O2S. The number of benzene rings is 2. The van der Waals surface area contributed by atoms with E-state index < -0.39 is 0 Å². The minimum Gasteiger partial charge on any atom is -0.463 e. The van der Waals surface area contributed by atoms with Crippen LogP contribution in [0.4, 0.5) is 0 Å². The number of fused-ring (bicyclic) bond motifs is 1. The summed E-state index contributed by atoms with van der Waals surface area (Å²) in [6.45, 7) is 1.31. The fourth-order valence-electron chi connectivity index (χ4n) is 2.81. The van der Waals surface area contributed by atoms with Crippen LogP contribution in [0.5, 0.6) is 5.19 Å². The number of hydrogen-bond donors (Lipinski definition) is 0. The molecule has 0 aliphatic carbocycles. The van der Waals surface area contributed by atoms with Crippen molar-refractivity contribution in [2.24, 2.45) is 0 Å². The molecule has 0 N–H and O–H groups in total. The van der Waals surface area contributed by atoms with Gasteiger partial charge in [0.05, 0.1) is 23.3 Å². The van der Waals surface area contributed by atoms with Crippen LogP contribution in [0.3, 0.4) is 0 Å². The van der Waals surface area contributed by atoms with Gasteiger partial charge in [-0.2, -0.15) is 0 Å². The van der Waals surface area contributed by atoms with E-state index in [0.717, 1.165) is 16.6 Å². The Morgan fingerprint density at radius 1 is 1.12 bits per heavy atom. The first-order valence-electron chi connectivity index (χ1n) is 8.12. The molecule has 0 spiro atoms. The average molecular weight is 338 g/mol. The normalized spacial score (nSPS) is 14.6. The summed E-state index contributed by atoms with van der Waals surface area (Å²) >= 11 is 1.56. The summed E-state index contributed by atoms with van der Waals surface area (Å²) in [7, 11) is 0. The topological polar surface area (TPSA) is 42.4 Å². The van der Waals surface area contributed by atoms with Crippen molar-refractivity contribution < 1.29 is 9.53 Å². The first-order chi connectivity index (χ1) is 11.8. The van der Waals surface area contributed by atoms with Crippen LogP contribution in [-0.4, -0.2) is 35.0 Å². The number of carbonyl (C=O) groups is 1. The second kappa shape index (κ2) is 6.61. The van der Waals surface area contributed by atoms with Crippen molar-refractivity contribution in [1.29, 1.82) is 0 Å². The number of para-hydroxylation sites is 1. The Labute approximate surface area is 144 Å². The summed E-state index contributed by atoms with van der Waals surface area (Å²) in [5.74, 6) is 0.197. The summed E-state index contributed by atoms with van der Waals surface area (Å²) in [4.78, 5) is 18.5. The summed E-state index contributed by atoms with van der Waals surface area (Å²) in [5.41, 5.74) is 2.17. The van der Waals surface area contributed by atoms with Crippen LogP contribution in [0.1, 0.15) is 12.0 Å². The van der Waals surface area contributed by atoms with Gasteiger partial charge < -0.3 is 9.64 Å². The Bertz CT molecular complexity index is 808. The molecule has 1 fully saturated rings. The van der Waals surface area contributed by atoms with Crippen LogP contribution in [0, 0.1) is 0 Å². The first-order valence-corrected chi connectivity index (χ1v) is 8.93. The predicted molar refractivity (Wildman–Crippen MR) is 95.4 cm³/mol. The lowest BCUT2D eigenvalue weighted by atomic mass is 10.1. The molecule has 1 aromatic heterocycles. The van der Waals surface area contributed by atoms with Crippen molar-refractivity contribution in [2.75, 3.05) is 13.1 Å². The van der Waals surface area contributed by atoms with E-state index in [0.29, 0.717) is 24.7 Å². The number of amides is 1. The van der Waals surface area contributed by atoms with Crippen LogP contribution in [-0.2, 0) is 11.2 Å². The molecule has 4 rings (SSSR count). The summed E-state index contributed by atoms with van der Waals surface area (Å²) in [6.07, 6.45) is 1.41. The zero-order valence-corrected chi connectivity index (χ0v) is 14.0. The Morgan fingerprint density at radius 2 is 1.88 bits per heavy atom. The molecule has 4 nitrogen and oxygen atoms in total. The molecule has 122 valence electrons. The Kier molecular flexibility index (Phi) is 4.17. The van der Waals surface area contributed by atoms with E-state index >= 15 is 0 Å². The van der Waals surface area contributed by atoms with Crippen LogP contribution < -0.4 is 4.74 Å². The number of thiazole rings is 1. The third-order valence-electron chi connectivity index (χ3n) is 4.21. The fraction of sp³-hybridized carbons (Fsp3) is 0.263. The monoisotopic (exact) mass is 338 g/mol. The van der Waals surface area contributed by atoms with Gasteiger partial charge in [-0.1, -0.05) is 53.8 Å². The molecule has 0 atom stereocenters. The lowest BCUT2D eigenvalue weighted by Gasteiger charge is -2.38. The number of hydrogen-bond acceptors (Lipinski definition) is 4. The Hall–Kier alpha value is -2.40. The van der Waals surface area contributed by atoms with Gasteiger partial charge in [0.2, 0.25) is 5.91 Å². The standard InChI is InChI=1S/C19H18N2O2S/c22-18(11-10-14-6-2-1-3-7-14)21-12-15(13-21)23-19-20-16-8-4-5-9-17(16)24-19/h1-9,15H,10-13H2. The molecule has 1 aliphatic rings. The van der Waals surface area contributed by atoms with Crippen molar-refractivity contribution in [3.05, 3.63) is 60.2 Å². The minimum absolute atomic E-state index is 0.0613. The van der Waals surface area contributed by atoms with Gasteiger partial charge in [0.1, 0.15) is 6.10 Å². The van der Waals surface area contributed by atoms with Gasteiger partial charge >= 0.3 is 0 Å². The van der Waals surface area contributed by atoms with Crippen molar-refractivity contribution in [1.82, 2.24) is 9.88 Å². The molecule has 1 amide bonds. The smallest absolute Gasteiger partial charge is 0.274 e. The molecule has 24 heavy (non-hydrogen) atoms. The molecule has 0 saturated carbocycles. The van der Waals surface area contributed by atoms with Crippen LogP contribution in [0.15, 0.2) is 54.6 Å². The highest BCUT2D eigenvalue weighted by molar-refractivity contribution is 7.20. The largest absolute Gasteiger partial charge is 0.463 e. The lowest BCUT2D eigenvalue weighted by molar-refractivity contribution is -0.139. The van der Waals surface area contributed by atoms with Gasteiger partial charge in [-0.15, -0.1) is 0 Å². The highest BCUT2D eigenvalue weighted by Gasteiger charge is 2.32. The maximum absolute atomic E-state index is 12.2. The highest BCUT2D eigenvalue weighted by Crippen LogP contribution is 2.29. The molecule has 3 aromatic rings. The predicted octanol–water partition coefficient (Wildman–Crippen LogP) is 3.52. The summed E-state index contributed by atoms with van der Waals surface area (Å²) in [6, 6.07) is 18.1. The number of ether oxygens (including phenoxy) is 1. The Balaban J connectivity index is 1.26. The molecule has 1 saturated heterocycles. The van der Waals surface area contributed by atoms with Gasteiger partial charge in [0.15, 0.2) is 0 Å². The molecule has 2 heterocycles. The van der Waals surface area contributed by atoms with E-state index in [1.807, 2.05) is 47.4 Å². The van der Waals surface area contributed by atoms with Crippen molar-refractivity contribution in [3.8, 4) is 5.19 Å². The number of carbonyl (C=O) groups excluding carboxylic acids is 1. The Morgan fingerprint density at radius 3 is 2.67 bits per heavy atom. The quantitative estimate of drug-likeness (QED) is 0.715. The van der Waals surface area contributed by atoms with Gasteiger partial charge in [-0.05, 0) is 24.1 Å². The third-order valence-corrected chi connectivity index (χ3v) is 5.14. The SMILES string of the molecule is O=C(CCc1ccccc1)N1CC(Oc2nc3ccccc3s2)C1. The van der Waals surface area contributed by atoms with Gasteiger partial charge in [0, 0.05) is 6.42 Å². The number of aromatic nitrogens is 1. The molecule has 2 aromatic carbocycles. The van der Waals surface area contributed by atoms with E-state index in [4.69, 9.17) is 4.74 Å². The van der Waals surface area contributed by atoms with E-state index in [1.54, 1.807) is 11.3 Å². The van der Waals surface area contributed by atoms with Crippen LogP contribution in [0.2, 0.25) is 0 Å². The maximum atomic E-state index is 12.2. The van der Waals surface area contributed by atoms with Gasteiger partial charge in [-0.25, -0.2) is 4.98 Å². The third kappa shape index (κ3) is 3.26. The molecule has 1 aliphatic heterocycles. The second-order valence-electron chi connectivity index (χ2n) is 5.97. The molecular weight excluding hydrogens is 320 g/mol. The lowest BCUT2D eigenvalue weighted by Crippen LogP contribution is -2.56. The number of likely N-dealkylation sites (tertiary alicyclic amines) is 1. The van der Waals surface area contributed by atoms with Crippen LogP contribution >= 0.6 is 11.3 Å². The van der Waals surface area contributed by atoms with Crippen molar-refractivity contribution >= 4 is 27.5 Å². The molecule has 0 radical (unpaired) electrons. The van der Waals surface area contributed by atoms with Gasteiger partial charge in [0.25, 0.3) is 5.19 Å². The van der Waals surface area contributed by atoms with E-state index in [-0.39, 0.29) is 12.0 Å². The number of aryl methyl sites for hydroxylation is 1. The molecule has 5 heteroatoms. The average Bonchev–Trinajstić information content (AvgIpc) is 2.99. The second-order valence-corrected chi connectivity index (χ2v) is 6.96. The maximum Gasteiger partial charge on any atom is 0.274 e. The summed E-state index contributed by atoms with van der Waals surface area (Å²) < 4.78 is 7.02. The van der Waals surface area contributed by atoms with E-state index in [1.165, 1.54) is 5.56 Å². The molecule has 0 bridgehead atoms. The van der Waals surface area contributed by atoms with Crippen LogP contribution in [0.25, 0.3) is 10.2 Å². The number of nitrogens with zero attached hydrogens (tertiary/aromatic N) is 2. The highest BCUT2D eigenvalue weighted by atomic mass is 32.1. The fourth-order valence-corrected chi connectivity index (χ4v) is 3.70. The first kappa shape index (κ1) is 15.1. The van der Waals surface area contributed by atoms with Crippen molar-refractivity contribution in [2.45, 2.75) is 18.9 Å². The van der Waals surface area contributed by atoms with E-state index in [9.17, 15) is 4.79 Å². The van der Waals surface area contributed by atoms with E-state index in [2.05, 4.69) is 17.1 Å². The number of rotatable bonds is 5. The molecule has 0 unspecified atom stereocenters. The van der Waals surface area contributed by atoms with Gasteiger partial charge in [-0.3, -0.25) is 4.79 Å². The summed E-state index contributed by atoms with van der Waals surface area (Å²) in [5, 5.41) is 0.692. The minimum atomic E-state index is 0.0613. The zero-order valence-electron chi connectivity index (χ0n) is 13.2. The van der Waals surface area contributed by atoms with Crippen molar-refractivity contribution in [3.63, 3.8) is 0 Å².